The summed E-state index contributed by atoms with van der Waals surface area (Å²) in [5, 5.41) is 14.1. The molecule has 1 saturated heterocycles. The predicted molar refractivity (Wildman–Crippen MR) is 115 cm³/mol. The number of aliphatic hydroxyl groups excluding tert-OH is 1. The number of pyridine rings is 1. The Labute approximate surface area is 165 Å². The Bertz CT molecular complexity index is 1030. The number of benzene rings is 2. The van der Waals surface area contributed by atoms with Crippen molar-refractivity contribution >= 4 is 22.3 Å². The molecule has 3 aromatic rings. The van der Waals surface area contributed by atoms with E-state index < -0.39 is 0 Å². The van der Waals surface area contributed by atoms with Crippen LogP contribution in [0.15, 0.2) is 47.3 Å². The second-order valence-corrected chi connectivity index (χ2v) is 7.77. The van der Waals surface area contributed by atoms with Crippen molar-refractivity contribution in [3.63, 3.8) is 0 Å². The number of hydrogen-bond acceptors (Lipinski definition) is 4. The number of nitrogens with one attached hydrogen (secondary N) is 2. The summed E-state index contributed by atoms with van der Waals surface area (Å²) in [5.74, 6) is 0. The highest BCUT2D eigenvalue weighted by Gasteiger charge is 2.17. The summed E-state index contributed by atoms with van der Waals surface area (Å²) in [6.07, 6.45) is 1.48. The molecule has 1 fully saturated rings. The molecule has 1 aromatic heterocycles. The minimum absolute atomic E-state index is 0.0493. The molecule has 0 amide bonds. The van der Waals surface area contributed by atoms with Crippen molar-refractivity contribution in [1.29, 1.82) is 0 Å². The van der Waals surface area contributed by atoms with Crippen LogP contribution in [0, 0.1) is 13.8 Å². The van der Waals surface area contributed by atoms with Crippen molar-refractivity contribution in [1.82, 2.24) is 4.98 Å². The van der Waals surface area contributed by atoms with Gasteiger partial charge in [0.1, 0.15) is 0 Å². The topological polar surface area (TPSA) is 68.4 Å². The lowest BCUT2D eigenvalue weighted by molar-refractivity contribution is 0.145. The number of aryl methyl sites for hydroxylation is 2. The SMILES string of the molecule is Cc1cc2cc(CNc3ccc(N4CCC(O)CC4)cc3)c(=O)[nH]c2cc1C. The summed E-state index contributed by atoms with van der Waals surface area (Å²) in [5.41, 5.74) is 6.12. The molecule has 4 rings (SSSR count). The smallest absolute Gasteiger partial charge is 0.253 e. The van der Waals surface area contributed by atoms with Gasteiger partial charge in [-0.3, -0.25) is 4.79 Å². The van der Waals surface area contributed by atoms with Crippen LogP contribution in [0.1, 0.15) is 29.5 Å². The average Bonchev–Trinajstić information content (AvgIpc) is 2.69. The van der Waals surface area contributed by atoms with Crippen molar-refractivity contribution < 1.29 is 5.11 Å². The summed E-state index contributed by atoms with van der Waals surface area (Å²) >= 11 is 0. The number of aromatic amines is 1. The van der Waals surface area contributed by atoms with Crippen LogP contribution in [0.4, 0.5) is 11.4 Å². The van der Waals surface area contributed by atoms with E-state index in [1.807, 2.05) is 24.3 Å². The number of H-pyrrole nitrogens is 1. The maximum atomic E-state index is 12.4. The average molecular weight is 377 g/mol. The zero-order valence-corrected chi connectivity index (χ0v) is 16.5. The molecule has 5 heteroatoms. The second-order valence-electron chi connectivity index (χ2n) is 7.77. The maximum Gasteiger partial charge on any atom is 0.253 e. The Morgan fingerprint density at radius 1 is 1.07 bits per heavy atom. The fourth-order valence-corrected chi connectivity index (χ4v) is 3.76. The number of hydrogen-bond donors (Lipinski definition) is 3. The van der Waals surface area contributed by atoms with Crippen molar-refractivity contribution in [2.75, 3.05) is 23.3 Å². The van der Waals surface area contributed by atoms with Crippen LogP contribution < -0.4 is 15.8 Å². The van der Waals surface area contributed by atoms with Gasteiger partial charge in [0.25, 0.3) is 5.56 Å². The van der Waals surface area contributed by atoms with Gasteiger partial charge in [-0.1, -0.05) is 0 Å². The molecule has 3 N–H and O–H groups in total. The molecule has 0 saturated carbocycles. The molecule has 0 aliphatic carbocycles. The van der Waals surface area contributed by atoms with Crippen molar-refractivity contribution in [3.05, 3.63) is 69.5 Å². The highest BCUT2D eigenvalue weighted by Crippen LogP contribution is 2.22. The Morgan fingerprint density at radius 3 is 2.46 bits per heavy atom. The van der Waals surface area contributed by atoms with Gasteiger partial charge in [0.15, 0.2) is 0 Å². The van der Waals surface area contributed by atoms with Gasteiger partial charge in [0.2, 0.25) is 0 Å². The molecular weight excluding hydrogens is 350 g/mol. The Hall–Kier alpha value is -2.79. The first-order valence-electron chi connectivity index (χ1n) is 9.90. The lowest BCUT2D eigenvalue weighted by Crippen LogP contribution is -2.35. The van der Waals surface area contributed by atoms with E-state index in [4.69, 9.17) is 0 Å². The summed E-state index contributed by atoms with van der Waals surface area (Å²) < 4.78 is 0. The van der Waals surface area contributed by atoms with Crippen LogP contribution in [0.3, 0.4) is 0 Å². The van der Waals surface area contributed by atoms with E-state index in [0.717, 1.165) is 48.1 Å². The summed E-state index contributed by atoms with van der Waals surface area (Å²) in [7, 11) is 0. The van der Waals surface area contributed by atoms with Crippen LogP contribution in [0.25, 0.3) is 10.9 Å². The predicted octanol–water partition coefficient (Wildman–Crippen LogP) is 3.72. The van der Waals surface area contributed by atoms with E-state index in [1.54, 1.807) is 0 Å². The van der Waals surface area contributed by atoms with E-state index >= 15 is 0 Å². The molecule has 146 valence electrons. The molecule has 0 radical (unpaired) electrons. The lowest BCUT2D eigenvalue weighted by Gasteiger charge is -2.31. The van der Waals surface area contributed by atoms with E-state index in [0.29, 0.717) is 6.54 Å². The first-order chi connectivity index (χ1) is 13.5. The normalized spacial score (nSPS) is 15.2. The number of fused-ring (bicyclic) bond motifs is 1. The Kier molecular flexibility index (Phi) is 5.09. The zero-order chi connectivity index (χ0) is 19.7. The van der Waals surface area contributed by atoms with Crippen molar-refractivity contribution in [2.24, 2.45) is 0 Å². The third-order valence-electron chi connectivity index (χ3n) is 5.72. The van der Waals surface area contributed by atoms with Gasteiger partial charge >= 0.3 is 0 Å². The monoisotopic (exact) mass is 377 g/mol. The maximum absolute atomic E-state index is 12.4. The molecule has 0 spiro atoms. The van der Waals surface area contributed by atoms with Crippen LogP contribution in [0.5, 0.6) is 0 Å². The molecule has 1 aliphatic heterocycles. The van der Waals surface area contributed by atoms with Crippen LogP contribution in [-0.2, 0) is 6.54 Å². The third kappa shape index (κ3) is 3.90. The molecule has 2 aromatic carbocycles. The molecule has 28 heavy (non-hydrogen) atoms. The molecule has 5 nitrogen and oxygen atoms in total. The van der Waals surface area contributed by atoms with E-state index in [2.05, 4.69) is 47.2 Å². The van der Waals surface area contributed by atoms with E-state index in [-0.39, 0.29) is 11.7 Å². The van der Waals surface area contributed by atoms with Gasteiger partial charge in [-0.25, -0.2) is 0 Å². The van der Waals surface area contributed by atoms with Gasteiger partial charge in [-0.15, -0.1) is 0 Å². The number of rotatable bonds is 4. The van der Waals surface area contributed by atoms with Crippen LogP contribution >= 0.6 is 0 Å². The fourth-order valence-electron chi connectivity index (χ4n) is 3.76. The Morgan fingerprint density at radius 2 is 1.75 bits per heavy atom. The number of aromatic nitrogens is 1. The second kappa shape index (κ2) is 7.68. The minimum atomic E-state index is -0.162. The van der Waals surface area contributed by atoms with Gasteiger partial charge in [-0.05, 0) is 85.7 Å². The number of anilines is 2. The molecule has 1 aliphatic rings. The molecule has 0 bridgehead atoms. The van der Waals surface area contributed by atoms with Crippen LogP contribution in [0.2, 0.25) is 0 Å². The number of nitrogens with zero attached hydrogens (tertiary/aromatic N) is 1. The van der Waals surface area contributed by atoms with Gasteiger partial charge in [-0.2, -0.15) is 0 Å². The van der Waals surface area contributed by atoms with E-state index in [9.17, 15) is 9.90 Å². The highest BCUT2D eigenvalue weighted by atomic mass is 16.3. The zero-order valence-electron chi connectivity index (χ0n) is 16.5. The van der Waals surface area contributed by atoms with Gasteiger partial charge in [0, 0.05) is 42.1 Å². The summed E-state index contributed by atoms with van der Waals surface area (Å²) in [6.45, 7) is 6.40. The summed E-state index contributed by atoms with van der Waals surface area (Å²) in [6, 6.07) is 14.4. The standard InChI is InChI=1S/C23H27N3O2/c1-15-11-17-13-18(23(28)25-22(17)12-16(15)2)14-24-19-3-5-20(6-4-19)26-9-7-21(27)8-10-26/h3-6,11-13,21,24,27H,7-10,14H2,1-2H3,(H,25,28). The van der Waals surface area contributed by atoms with Crippen LogP contribution in [-0.4, -0.2) is 29.3 Å². The van der Waals surface area contributed by atoms with Gasteiger partial charge in [0.05, 0.1) is 6.10 Å². The Balaban J connectivity index is 1.46. The number of piperidine rings is 1. The van der Waals surface area contributed by atoms with Crippen molar-refractivity contribution in [2.45, 2.75) is 39.3 Å². The van der Waals surface area contributed by atoms with Gasteiger partial charge < -0.3 is 20.3 Å². The molecular formula is C23H27N3O2. The first-order valence-corrected chi connectivity index (χ1v) is 9.90. The van der Waals surface area contributed by atoms with E-state index in [1.165, 1.54) is 16.8 Å². The third-order valence-corrected chi connectivity index (χ3v) is 5.72. The minimum Gasteiger partial charge on any atom is -0.393 e. The van der Waals surface area contributed by atoms with Crippen molar-refractivity contribution in [3.8, 4) is 0 Å². The fraction of sp³-hybridized carbons (Fsp3) is 0.348. The molecule has 0 atom stereocenters. The quantitative estimate of drug-likeness (QED) is 0.648. The largest absolute Gasteiger partial charge is 0.393 e. The first kappa shape index (κ1) is 18.6. The molecule has 0 unspecified atom stereocenters. The number of aliphatic hydroxyl groups is 1. The lowest BCUT2D eigenvalue weighted by atomic mass is 10.0. The summed E-state index contributed by atoms with van der Waals surface area (Å²) in [4.78, 5) is 17.7. The molecule has 2 heterocycles. The highest BCUT2D eigenvalue weighted by molar-refractivity contribution is 5.80.